The van der Waals surface area contributed by atoms with Crippen molar-refractivity contribution in [3.05, 3.63) is 36.2 Å². The van der Waals surface area contributed by atoms with Crippen molar-refractivity contribution in [1.29, 1.82) is 0 Å². The van der Waals surface area contributed by atoms with Crippen molar-refractivity contribution < 1.29 is 4.79 Å². The molecule has 2 heterocycles. The highest BCUT2D eigenvalue weighted by Gasteiger charge is 2.32. The second-order valence-corrected chi connectivity index (χ2v) is 4.99. The minimum atomic E-state index is -0.196. The van der Waals surface area contributed by atoms with E-state index in [0.717, 1.165) is 24.8 Å². The highest BCUT2D eigenvalue weighted by Crippen LogP contribution is 2.28. The number of hydrogen-bond acceptors (Lipinski definition) is 3. The third-order valence-corrected chi connectivity index (χ3v) is 3.62. The van der Waals surface area contributed by atoms with Crippen molar-refractivity contribution in [2.24, 2.45) is 5.73 Å². The topological polar surface area (TPSA) is 72.4 Å². The molecule has 1 saturated carbocycles. The van der Waals surface area contributed by atoms with Crippen molar-refractivity contribution in [1.82, 2.24) is 14.9 Å². The number of carbonyl (C=O) groups excluding carboxylic acids is 1. The van der Waals surface area contributed by atoms with Crippen LogP contribution in [0.5, 0.6) is 0 Å². The molecule has 5 nitrogen and oxygen atoms in total. The van der Waals surface area contributed by atoms with Crippen molar-refractivity contribution in [3.63, 3.8) is 0 Å². The minimum Gasteiger partial charge on any atom is -0.350 e. The summed E-state index contributed by atoms with van der Waals surface area (Å²) in [5.41, 5.74) is 7.30. The Bertz CT molecular complexity index is 585. The van der Waals surface area contributed by atoms with Crippen LogP contribution in [0.15, 0.2) is 30.6 Å². The van der Waals surface area contributed by atoms with Gasteiger partial charge < -0.3 is 11.1 Å². The number of nitrogens with one attached hydrogen (secondary N) is 1. The van der Waals surface area contributed by atoms with Gasteiger partial charge in [0.2, 0.25) is 0 Å². The Kier molecular flexibility index (Phi) is 2.56. The summed E-state index contributed by atoms with van der Waals surface area (Å²) in [4.78, 5) is 12.1. The fraction of sp³-hybridized carbons (Fsp3) is 0.385. The van der Waals surface area contributed by atoms with Crippen LogP contribution in [0.25, 0.3) is 5.52 Å². The van der Waals surface area contributed by atoms with E-state index in [9.17, 15) is 4.79 Å². The van der Waals surface area contributed by atoms with Crippen LogP contribution in [0.2, 0.25) is 0 Å². The van der Waals surface area contributed by atoms with Crippen LogP contribution in [0, 0.1) is 0 Å². The zero-order valence-corrected chi connectivity index (χ0v) is 10.1. The van der Waals surface area contributed by atoms with Gasteiger partial charge in [0, 0.05) is 18.3 Å². The predicted molar refractivity (Wildman–Crippen MR) is 68.3 cm³/mol. The summed E-state index contributed by atoms with van der Waals surface area (Å²) in [7, 11) is 0. The van der Waals surface area contributed by atoms with Crippen LogP contribution in [-0.2, 0) is 0 Å². The van der Waals surface area contributed by atoms with Gasteiger partial charge in [-0.05, 0) is 31.4 Å². The molecule has 0 saturated heterocycles. The molecular weight excluding hydrogens is 228 g/mol. The Hall–Kier alpha value is -1.88. The number of amides is 1. The molecule has 0 bridgehead atoms. The normalized spacial score (nSPS) is 17.4. The van der Waals surface area contributed by atoms with Gasteiger partial charge in [-0.2, -0.15) is 5.10 Å². The zero-order chi connectivity index (χ0) is 12.6. The SMILES string of the molecule is NC1(CNC(=O)c2cnn3ccccc23)CCC1. The van der Waals surface area contributed by atoms with Crippen LogP contribution < -0.4 is 11.1 Å². The van der Waals surface area contributed by atoms with Gasteiger partial charge in [0.1, 0.15) is 0 Å². The summed E-state index contributed by atoms with van der Waals surface area (Å²) in [5, 5.41) is 7.05. The molecule has 1 aliphatic rings. The standard InChI is InChI=1S/C13H16N4O/c14-13(5-3-6-13)9-15-12(18)10-8-16-17-7-2-1-4-11(10)17/h1-2,4,7-8H,3,5-6,9,14H2,(H,15,18). The molecule has 0 aliphatic heterocycles. The molecule has 2 aromatic heterocycles. The lowest BCUT2D eigenvalue weighted by Crippen LogP contribution is -2.54. The maximum atomic E-state index is 12.1. The maximum absolute atomic E-state index is 12.1. The van der Waals surface area contributed by atoms with E-state index in [-0.39, 0.29) is 11.4 Å². The average molecular weight is 244 g/mol. The predicted octanol–water partition coefficient (Wildman–Crippen LogP) is 0.946. The molecule has 3 rings (SSSR count). The molecule has 0 aromatic carbocycles. The van der Waals surface area contributed by atoms with Crippen LogP contribution in [0.1, 0.15) is 29.6 Å². The van der Waals surface area contributed by atoms with E-state index in [2.05, 4.69) is 10.4 Å². The first kappa shape index (κ1) is 11.2. The second kappa shape index (κ2) is 4.10. The first-order valence-corrected chi connectivity index (χ1v) is 6.17. The van der Waals surface area contributed by atoms with E-state index < -0.39 is 0 Å². The Balaban J connectivity index is 1.75. The monoisotopic (exact) mass is 244 g/mol. The van der Waals surface area contributed by atoms with E-state index in [1.54, 1.807) is 10.7 Å². The quantitative estimate of drug-likeness (QED) is 0.844. The highest BCUT2D eigenvalue weighted by molar-refractivity contribution is 6.00. The molecule has 18 heavy (non-hydrogen) atoms. The van der Waals surface area contributed by atoms with Gasteiger partial charge in [-0.25, -0.2) is 4.52 Å². The fourth-order valence-electron chi connectivity index (χ4n) is 2.27. The van der Waals surface area contributed by atoms with Crippen LogP contribution in [0.3, 0.4) is 0 Å². The first-order valence-electron chi connectivity index (χ1n) is 6.17. The van der Waals surface area contributed by atoms with Crippen molar-refractivity contribution in [3.8, 4) is 0 Å². The largest absolute Gasteiger partial charge is 0.350 e. The molecule has 0 radical (unpaired) electrons. The Morgan fingerprint density at radius 3 is 3.06 bits per heavy atom. The van der Waals surface area contributed by atoms with Gasteiger partial charge in [-0.15, -0.1) is 0 Å². The van der Waals surface area contributed by atoms with E-state index in [1.165, 1.54) is 0 Å². The Morgan fingerprint density at radius 2 is 2.33 bits per heavy atom. The minimum absolute atomic E-state index is 0.104. The summed E-state index contributed by atoms with van der Waals surface area (Å²) in [5.74, 6) is -0.104. The summed E-state index contributed by atoms with van der Waals surface area (Å²) >= 11 is 0. The van der Waals surface area contributed by atoms with Gasteiger partial charge >= 0.3 is 0 Å². The molecule has 1 amide bonds. The maximum Gasteiger partial charge on any atom is 0.255 e. The lowest BCUT2D eigenvalue weighted by molar-refractivity contribution is 0.0931. The number of pyridine rings is 1. The van der Waals surface area contributed by atoms with E-state index in [0.29, 0.717) is 12.1 Å². The van der Waals surface area contributed by atoms with Gasteiger partial charge in [-0.3, -0.25) is 4.79 Å². The summed E-state index contributed by atoms with van der Waals surface area (Å²) in [6.07, 6.45) is 6.55. The Labute approximate surface area is 105 Å². The van der Waals surface area contributed by atoms with Crippen LogP contribution in [0.4, 0.5) is 0 Å². The third kappa shape index (κ3) is 1.86. The molecule has 0 spiro atoms. The fourth-order valence-corrected chi connectivity index (χ4v) is 2.27. The van der Waals surface area contributed by atoms with Crippen molar-refractivity contribution in [2.45, 2.75) is 24.8 Å². The van der Waals surface area contributed by atoms with Crippen LogP contribution in [-0.4, -0.2) is 27.6 Å². The Morgan fingerprint density at radius 1 is 1.50 bits per heavy atom. The summed E-state index contributed by atoms with van der Waals surface area (Å²) in [6, 6.07) is 5.65. The number of nitrogens with two attached hydrogens (primary N) is 1. The number of aromatic nitrogens is 2. The lowest BCUT2D eigenvalue weighted by atomic mass is 9.78. The number of rotatable bonds is 3. The molecular formula is C13H16N4O. The molecule has 1 aliphatic carbocycles. The molecule has 5 heteroatoms. The van der Waals surface area contributed by atoms with Gasteiger partial charge in [-0.1, -0.05) is 6.07 Å². The van der Waals surface area contributed by atoms with Gasteiger partial charge in [0.05, 0.1) is 17.3 Å². The lowest BCUT2D eigenvalue weighted by Gasteiger charge is -2.38. The molecule has 3 N–H and O–H groups in total. The second-order valence-electron chi connectivity index (χ2n) is 4.99. The number of hydrogen-bond donors (Lipinski definition) is 2. The van der Waals surface area contributed by atoms with Crippen LogP contribution >= 0.6 is 0 Å². The smallest absolute Gasteiger partial charge is 0.255 e. The average Bonchev–Trinajstić information content (AvgIpc) is 2.77. The van der Waals surface area contributed by atoms with Crippen molar-refractivity contribution in [2.75, 3.05) is 6.54 Å². The molecule has 1 fully saturated rings. The highest BCUT2D eigenvalue weighted by atomic mass is 16.1. The molecule has 2 aromatic rings. The number of carbonyl (C=O) groups is 1. The number of fused-ring (bicyclic) bond motifs is 1. The van der Waals surface area contributed by atoms with E-state index >= 15 is 0 Å². The van der Waals surface area contributed by atoms with E-state index in [4.69, 9.17) is 5.73 Å². The van der Waals surface area contributed by atoms with E-state index in [1.807, 2.05) is 24.4 Å². The summed E-state index contributed by atoms with van der Waals surface area (Å²) in [6.45, 7) is 0.538. The molecule has 94 valence electrons. The van der Waals surface area contributed by atoms with Gasteiger partial charge in [0.15, 0.2) is 0 Å². The molecule has 0 atom stereocenters. The summed E-state index contributed by atoms with van der Waals surface area (Å²) < 4.78 is 1.69. The molecule has 0 unspecified atom stereocenters. The first-order chi connectivity index (χ1) is 8.68. The number of nitrogens with zero attached hydrogens (tertiary/aromatic N) is 2. The zero-order valence-electron chi connectivity index (χ0n) is 10.1. The van der Waals surface area contributed by atoms with Gasteiger partial charge in [0.25, 0.3) is 5.91 Å². The third-order valence-electron chi connectivity index (χ3n) is 3.62. The van der Waals surface area contributed by atoms with Crippen molar-refractivity contribution >= 4 is 11.4 Å².